The summed E-state index contributed by atoms with van der Waals surface area (Å²) in [5, 5.41) is 13.5. The Hall–Kier alpha value is -3.02. The largest absolute Gasteiger partial charge is 0.545 e. The Balaban J connectivity index is 1.64. The van der Waals surface area contributed by atoms with Gasteiger partial charge in [-0.3, -0.25) is 0 Å². The lowest BCUT2D eigenvalue weighted by Crippen LogP contribution is -2.80. The van der Waals surface area contributed by atoms with E-state index in [1.54, 1.807) is 24.3 Å². The minimum absolute atomic E-state index is 0.179. The number of halogens is 1. The van der Waals surface area contributed by atoms with Crippen LogP contribution in [0.5, 0.6) is 11.5 Å². The van der Waals surface area contributed by atoms with E-state index >= 15 is 0 Å². The Labute approximate surface area is 181 Å². The topological polar surface area (TPSA) is 75.2 Å². The maximum absolute atomic E-state index is 10.8. The summed E-state index contributed by atoms with van der Waals surface area (Å²) in [5.41, 5.74) is 3.27. The summed E-state index contributed by atoms with van der Waals surface area (Å²) in [5.74, 6) is 0.00447. The van der Waals surface area contributed by atoms with Gasteiger partial charge in [0.05, 0.1) is 17.6 Å². The van der Waals surface area contributed by atoms with Crippen LogP contribution in [0.1, 0.15) is 34.0 Å². The van der Waals surface area contributed by atoms with Crippen molar-refractivity contribution in [3.63, 3.8) is 0 Å². The molecule has 0 atom stereocenters. The van der Waals surface area contributed by atoms with Crippen LogP contribution in [0.25, 0.3) is 0 Å². The van der Waals surface area contributed by atoms with E-state index in [9.17, 15) is 9.90 Å². The van der Waals surface area contributed by atoms with E-state index in [4.69, 9.17) is 21.1 Å². The fraction of sp³-hybridized carbons (Fsp3) is 0.208. The van der Waals surface area contributed by atoms with Gasteiger partial charge in [0.15, 0.2) is 11.5 Å². The van der Waals surface area contributed by atoms with Crippen LogP contribution in [0.15, 0.2) is 66.7 Å². The number of rotatable bonds is 10. The van der Waals surface area contributed by atoms with E-state index in [0.29, 0.717) is 42.8 Å². The molecule has 0 unspecified atom stereocenters. The minimum Gasteiger partial charge on any atom is -0.545 e. The van der Waals surface area contributed by atoms with Gasteiger partial charge in [-0.25, -0.2) is 0 Å². The second kappa shape index (κ2) is 10.7. The molecule has 0 aromatic heterocycles. The van der Waals surface area contributed by atoms with Gasteiger partial charge in [-0.15, -0.1) is 0 Å². The lowest BCUT2D eigenvalue weighted by atomic mass is 10.1. The molecule has 0 radical (unpaired) electrons. The first-order chi connectivity index (χ1) is 14.6. The van der Waals surface area contributed by atoms with Gasteiger partial charge in [-0.2, -0.15) is 0 Å². The molecule has 6 heteroatoms. The van der Waals surface area contributed by atoms with Crippen molar-refractivity contribution in [2.24, 2.45) is 0 Å². The minimum atomic E-state index is -1.17. The number of carboxylic acid groups (broad SMARTS) is 1. The van der Waals surface area contributed by atoms with Gasteiger partial charge in [0.1, 0.15) is 19.7 Å². The number of carbonyl (C=O) groups is 1. The molecular formula is C24H24ClNO4. The summed E-state index contributed by atoms with van der Waals surface area (Å²) in [4.78, 5) is 10.8. The molecule has 0 fully saturated rings. The summed E-state index contributed by atoms with van der Waals surface area (Å²) in [6.07, 6.45) is 0. The molecule has 0 spiro atoms. The molecule has 3 rings (SSSR count). The average molecular weight is 426 g/mol. The Morgan fingerprint density at radius 3 is 2.30 bits per heavy atom. The van der Waals surface area contributed by atoms with Gasteiger partial charge >= 0.3 is 0 Å². The molecule has 0 aliphatic heterocycles. The molecule has 0 saturated carbocycles. The Kier molecular flexibility index (Phi) is 7.71. The highest BCUT2D eigenvalue weighted by Gasteiger charge is 2.14. The van der Waals surface area contributed by atoms with Crippen molar-refractivity contribution in [2.45, 2.75) is 26.6 Å². The summed E-state index contributed by atoms with van der Waals surface area (Å²) in [7, 11) is 0. The van der Waals surface area contributed by atoms with Crippen LogP contribution in [0.4, 0.5) is 0 Å². The molecule has 0 saturated heterocycles. The number of ether oxygens (including phenoxy) is 2. The second-order valence-corrected chi connectivity index (χ2v) is 7.20. The van der Waals surface area contributed by atoms with E-state index < -0.39 is 5.97 Å². The number of nitrogens with two attached hydrogens (primary N) is 1. The predicted molar refractivity (Wildman–Crippen MR) is 114 cm³/mol. The number of quaternary nitrogens is 1. The zero-order chi connectivity index (χ0) is 21.3. The third kappa shape index (κ3) is 5.99. The van der Waals surface area contributed by atoms with Gasteiger partial charge < -0.3 is 24.7 Å². The summed E-state index contributed by atoms with van der Waals surface area (Å²) in [6.45, 7) is 4.25. The smallest absolute Gasteiger partial charge is 0.180 e. The number of hydrogen-bond acceptors (Lipinski definition) is 4. The molecule has 0 aliphatic rings. The van der Waals surface area contributed by atoms with Gasteiger partial charge in [0, 0.05) is 11.1 Å². The van der Waals surface area contributed by atoms with Gasteiger partial charge in [-0.1, -0.05) is 66.2 Å². The summed E-state index contributed by atoms with van der Waals surface area (Å²) in [6, 6.07) is 20.4. The van der Waals surface area contributed by atoms with Crippen LogP contribution in [0.2, 0.25) is 5.02 Å². The van der Waals surface area contributed by atoms with E-state index in [0.717, 1.165) is 16.7 Å². The predicted octanol–water partition coefficient (Wildman–Crippen LogP) is 2.94. The lowest BCUT2D eigenvalue weighted by Gasteiger charge is -2.15. The quantitative estimate of drug-likeness (QED) is 0.542. The van der Waals surface area contributed by atoms with Crippen molar-refractivity contribution < 1.29 is 24.7 Å². The van der Waals surface area contributed by atoms with Crippen molar-refractivity contribution in [2.75, 3.05) is 6.61 Å². The molecule has 30 heavy (non-hydrogen) atoms. The van der Waals surface area contributed by atoms with Gasteiger partial charge in [0.2, 0.25) is 0 Å². The second-order valence-electron chi connectivity index (χ2n) is 6.79. The molecule has 156 valence electrons. The highest BCUT2D eigenvalue weighted by molar-refractivity contribution is 6.32. The molecule has 3 aromatic carbocycles. The number of benzene rings is 3. The Morgan fingerprint density at radius 1 is 0.933 bits per heavy atom. The SMILES string of the molecule is CCOc1cc(C[NH2+]Cc2ccc(C(=O)[O-])cc2)cc(Cl)c1OCc1ccccc1. The van der Waals surface area contributed by atoms with E-state index in [-0.39, 0.29) is 5.56 Å². The van der Waals surface area contributed by atoms with Crippen molar-refractivity contribution >= 4 is 17.6 Å². The maximum Gasteiger partial charge on any atom is 0.180 e. The first-order valence-corrected chi connectivity index (χ1v) is 10.2. The summed E-state index contributed by atoms with van der Waals surface area (Å²) < 4.78 is 11.7. The van der Waals surface area contributed by atoms with Crippen LogP contribution in [-0.2, 0) is 19.7 Å². The van der Waals surface area contributed by atoms with Crippen molar-refractivity contribution in [3.8, 4) is 11.5 Å². The molecule has 5 nitrogen and oxygen atoms in total. The summed E-state index contributed by atoms with van der Waals surface area (Å²) >= 11 is 6.50. The normalized spacial score (nSPS) is 10.6. The molecule has 0 bridgehead atoms. The van der Waals surface area contributed by atoms with Crippen molar-refractivity contribution in [3.05, 3.63) is 94.0 Å². The highest BCUT2D eigenvalue weighted by atomic mass is 35.5. The van der Waals surface area contributed by atoms with Crippen LogP contribution in [0, 0.1) is 0 Å². The van der Waals surface area contributed by atoms with E-state index in [1.807, 2.05) is 49.4 Å². The number of aromatic carboxylic acids is 1. The average Bonchev–Trinajstić information content (AvgIpc) is 2.74. The molecule has 0 amide bonds. The molecule has 3 aromatic rings. The van der Waals surface area contributed by atoms with Gasteiger partial charge in [0.25, 0.3) is 0 Å². The third-order valence-corrected chi connectivity index (χ3v) is 4.83. The molecule has 0 heterocycles. The first-order valence-electron chi connectivity index (χ1n) is 9.80. The van der Waals surface area contributed by atoms with Crippen LogP contribution in [0.3, 0.4) is 0 Å². The van der Waals surface area contributed by atoms with Crippen LogP contribution in [-0.4, -0.2) is 12.6 Å². The fourth-order valence-electron chi connectivity index (χ4n) is 3.05. The van der Waals surface area contributed by atoms with E-state index in [1.165, 1.54) is 0 Å². The lowest BCUT2D eigenvalue weighted by molar-refractivity contribution is -0.686. The van der Waals surface area contributed by atoms with Gasteiger partial charge in [-0.05, 0) is 30.2 Å². The number of carboxylic acids is 1. The molecular weight excluding hydrogens is 402 g/mol. The molecule has 2 N–H and O–H groups in total. The highest BCUT2D eigenvalue weighted by Crippen LogP contribution is 2.37. The number of carbonyl (C=O) groups excluding carboxylic acids is 1. The van der Waals surface area contributed by atoms with E-state index in [2.05, 4.69) is 5.32 Å². The monoisotopic (exact) mass is 425 g/mol. The zero-order valence-corrected chi connectivity index (χ0v) is 17.5. The zero-order valence-electron chi connectivity index (χ0n) is 16.8. The third-order valence-electron chi connectivity index (χ3n) is 4.54. The molecule has 0 aliphatic carbocycles. The van der Waals surface area contributed by atoms with Crippen LogP contribution < -0.4 is 19.9 Å². The maximum atomic E-state index is 10.8. The Morgan fingerprint density at radius 2 is 1.63 bits per heavy atom. The van der Waals surface area contributed by atoms with Crippen molar-refractivity contribution in [1.29, 1.82) is 0 Å². The fourth-order valence-corrected chi connectivity index (χ4v) is 3.34. The Bertz CT molecular complexity index is 975. The van der Waals surface area contributed by atoms with Crippen molar-refractivity contribution in [1.82, 2.24) is 0 Å². The van der Waals surface area contributed by atoms with Crippen LogP contribution >= 0.6 is 11.6 Å². The number of hydrogen-bond donors (Lipinski definition) is 1. The first kappa shape index (κ1) is 21.7. The standard InChI is InChI=1S/C24H24ClNO4/c1-2-29-22-13-19(15-26-14-17-8-10-20(11-9-17)24(27)28)12-21(25)23(22)30-16-18-6-4-3-5-7-18/h3-13,26H,2,14-16H2,1H3,(H,27,28).